The van der Waals surface area contributed by atoms with Gasteiger partial charge in [0.2, 0.25) is 5.91 Å². The number of carbonyl (C=O) groups excluding carboxylic acids is 1. The Hall–Kier alpha value is -0.650. The van der Waals surface area contributed by atoms with Gasteiger partial charge >= 0.3 is 0 Å². The van der Waals surface area contributed by atoms with Crippen molar-refractivity contribution < 1.29 is 14.6 Å². The molecule has 1 fully saturated rings. The maximum atomic E-state index is 11.2. The number of nitrogens with one attached hydrogen (secondary N) is 2. The second-order valence-electron chi connectivity index (χ2n) is 3.76. The third-order valence-corrected chi connectivity index (χ3v) is 2.23. The molecule has 0 aliphatic heterocycles. The Balaban J connectivity index is 1.79. The van der Waals surface area contributed by atoms with E-state index in [4.69, 9.17) is 9.84 Å². The Morgan fingerprint density at radius 1 is 1.40 bits per heavy atom. The summed E-state index contributed by atoms with van der Waals surface area (Å²) in [5.74, 6) is 0.769. The van der Waals surface area contributed by atoms with Gasteiger partial charge in [-0.05, 0) is 18.8 Å². The highest BCUT2D eigenvalue weighted by molar-refractivity contribution is 5.77. The van der Waals surface area contributed by atoms with E-state index in [1.165, 1.54) is 12.8 Å². The predicted molar refractivity (Wildman–Crippen MR) is 56.5 cm³/mol. The number of ether oxygens (including phenoxy) is 1. The molecule has 0 atom stereocenters. The molecule has 0 aromatic rings. The van der Waals surface area contributed by atoms with Crippen molar-refractivity contribution >= 4 is 5.91 Å². The molecule has 3 N–H and O–H groups in total. The van der Waals surface area contributed by atoms with Gasteiger partial charge in [-0.15, -0.1) is 0 Å². The molecular formula is C10H20N2O3. The van der Waals surface area contributed by atoms with Gasteiger partial charge < -0.3 is 20.5 Å². The van der Waals surface area contributed by atoms with Crippen molar-refractivity contribution in [3.05, 3.63) is 0 Å². The van der Waals surface area contributed by atoms with Gasteiger partial charge in [-0.1, -0.05) is 0 Å². The minimum atomic E-state index is 0.0435. The Morgan fingerprint density at radius 2 is 2.20 bits per heavy atom. The van der Waals surface area contributed by atoms with Crippen LogP contribution < -0.4 is 10.6 Å². The van der Waals surface area contributed by atoms with Crippen molar-refractivity contribution in [3.8, 4) is 0 Å². The molecule has 5 heteroatoms. The van der Waals surface area contributed by atoms with Crippen molar-refractivity contribution in [1.82, 2.24) is 10.6 Å². The number of rotatable bonds is 9. The summed E-state index contributed by atoms with van der Waals surface area (Å²) in [6.45, 7) is 2.72. The molecule has 1 saturated carbocycles. The van der Waals surface area contributed by atoms with Crippen molar-refractivity contribution in [1.29, 1.82) is 0 Å². The summed E-state index contributed by atoms with van der Waals surface area (Å²) in [6, 6.07) is 0. The predicted octanol–water partition coefficient (Wildman–Crippen LogP) is -0.889. The van der Waals surface area contributed by atoms with Crippen LogP contribution in [0.15, 0.2) is 0 Å². The van der Waals surface area contributed by atoms with Crippen molar-refractivity contribution in [2.45, 2.75) is 12.8 Å². The van der Waals surface area contributed by atoms with Crippen LogP contribution in [0.2, 0.25) is 0 Å². The Labute approximate surface area is 90.2 Å². The van der Waals surface area contributed by atoms with E-state index < -0.39 is 0 Å². The van der Waals surface area contributed by atoms with Gasteiger partial charge in [-0.3, -0.25) is 4.79 Å². The smallest absolute Gasteiger partial charge is 0.233 e. The summed E-state index contributed by atoms with van der Waals surface area (Å²) in [6.07, 6.45) is 2.51. The molecule has 0 aromatic carbocycles. The molecule has 1 rings (SSSR count). The number of aliphatic hydroxyl groups is 1. The maximum absolute atomic E-state index is 11.2. The highest BCUT2D eigenvalue weighted by Crippen LogP contribution is 2.27. The molecule has 5 nitrogen and oxygen atoms in total. The minimum absolute atomic E-state index is 0.0435. The average molecular weight is 216 g/mol. The molecule has 0 aromatic heterocycles. The molecule has 88 valence electrons. The molecule has 1 aliphatic carbocycles. The van der Waals surface area contributed by atoms with Gasteiger partial charge in [0.05, 0.1) is 26.4 Å². The van der Waals surface area contributed by atoms with Gasteiger partial charge in [-0.2, -0.15) is 0 Å². The first kappa shape index (κ1) is 12.4. The third-order valence-electron chi connectivity index (χ3n) is 2.23. The zero-order valence-electron chi connectivity index (χ0n) is 9.00. The number of hydrogen-bond acceptors (Lipinski definition) is 4. The van der Waals surface area contributed by atoms with Crippen molar-refractivity contribution in [2.75, 3.05) is 39.5 Å². The first-order chi connectivity index (χ1) is 7.33. The minimum Gasteiger partial charge on any atom is -0.394 e. The lowest BCUT2D eigenvalue weighted by molar-refractivity contribution is -0.120. The summed E-state index contributed by atoms with van der Waals surface area (Å²) in [5, 5.41) is 14.3. The second-order valence-corrected chi connectivity index (χ2v) is 3.76. The lowest BCUT2D eigenvalue weighted by atomic mass is 10.4. The molecule has 0 spiro atoms. The highest BCUT2D eigenvalue weighted by atomic mass is 16.5. The number of carbonyl (C=O) groups is 1. The first-order valence-corrected chi connectivity index (χ1v) is 5.49. The second kappa shape index (κ2) is 7.62. The molecule has 1 aliphatic rings. The van der Waals surface area contributed by atoms with Gasteiger partial charge in [0.15, 0.2) is 0 Å². The normalized spacial score (nSPS) is 15.3. The fourth-order valence-electron chi connectivity index (χ4n) is 1.16. The molecule has 0 radical (unpaired) electrons. The topological polar surface area (TPSA) is 70.6 Å². The maximum Gasteiger partial charge on any atom is 0.233 e. The summed E-state index contributed by atoms with van der Waals surface area (Å²) in [7, 11) is 0. The van der Waals surface area contributed by atoms with Gasteiger partial charge in [0, 0.05) is 13.1 Å². The van der Waals surface area contributed by atoms with Crippen LogP contribution >= 0.6 is 0 Å². The van der Waals surface area contributed by atoms with Crippen LogP contribution in [0.3, 0.4) is 0 Å². The van der Waals surface area contributed by atoms with Gasteiger partial charge in [0.25, 0.3) is 0 Å². The van der Waals surface area contributed by atoms with Gasteiger partial charge in [-0.25, -0.2) is 0 Å². The molecule has 0 bridgehead atoms. The van der Waals surface area contributed by atoms with Crippen LogP contribution in [0.5, 0.6) is 0 Å². The first-order valence-electron chi connectivity index (χ1n) is 5.49. The molecular weight excluding hydrogens is 196 g/mol. The van der Waals surface area contributed by atoms with E-state index in [0.29, 0.717) is 26.3 Å². The molecule has 1 amide bonds. The van der Waals surface area contributed by atoms with Crippen LogP contribution in [-0.2, 0) is 9.53 Å². The van der Waals surface area contributed by atoms with E-state index in [9.17, 15) is 4.79 Å². The Kier molecular flexibility index (Phi) is 6.31. The van der Waals surface area contributed by atoms with Crippen LogP contribution in [0.25, 0.3) is 0 Å². The number of hydrogen-bond donors (Lipinski definition) is 3. The summed E-state index contributed by atoms with van der Waals surface area (Å²) < 4.78 is 5.03. The number of aliphatic hydroxyl groups excluding tert-OH is 1. The van der Waals surface area contributed by atoms with E-state index in [-0.39, 0.29) is 12.5 Å². The molecule has 15 heavy (non-hydrogen) atoms. The fraction of sp³-hybridized carbons (Fsp3) is 0.900. The van der Waals surface area contributed by atoms with Crippen LogP contribution in [0.4, 0.5) is 0 Å². The van der Waals surface area contributed by atoms with E-state index in [0.717, 1.165) is 12.5 Å². The average Bonchev–Trinajstić information content (AvgIpc) is 3.04. The monoisotopic (exact) mass is 216 g/mol. The summed E-state index contributed by atoms with van der Waals surface area (Å²) in [4.78, 5) is 11.2. The van der Waals surface area contributed by atoms with E-state index >= 15 is 0 Å². The SMILES string of the molecule is O=C(CNCCOCCO)NCC1CC1. The van der Waals surface area contributed by atoms with Gasteiger partial charge in [0.1, 0.15) is 0 Å². The summed E-state index contributed by atoms with van der Waals surface area (Å²) in [5.41, 5.74) is 0. The summed E-state index contributed by atoms with van der Waals surface area (Å²) >= 11 is 0. The number of amides is 1. The third kappa shape index (κ3) is 7.30. The van der Waals surface area contributed by atoms with Crippen LogP contribution in [0.1, 0.15) is 12.8 Å². The van der Waals surface area contributed by atoms with Crippen molar-refractivity contribution in [3.63, 3.8) is 0 Å². The Bertz CT molecular complexity index is 184. The van der Waals surface area contributed by atoms with E-state index in [1.54, 1.807) is 0 Å². The quantitative estimate of drug-likeness (QED) is 0.437. The molecule has 0 heterocycles. The lowest BCUT2D eigenvalue weighted by Crippen LogP contribution is -2.36. The zero-order chi connectivity index (χ0) is 10.9. The Morgan fingerprint density at radius 3 is 2.87 bits per heavy atom. The molecule has 0 unspecified atom stereocenters. The lowest BCUT2D eigenvalue weighted by Gasteiger charge is -2.06. The fourth-order valence-corrected chi connectivity index (χ4v) is 1.16. The highest BCUT2D eigenvalue weighted by Gasteiger charge is 2.21. The van der Waals surface area contributed by atoms with Crippen LogP contribution in [-0.4, -0.2) is 50.5 Å². The zero-order valence-corrected chi connectivity index (χ0v) is 9.00. The van der Waals surface area contributed by atoms with E-state index in [2.05, 4.69) is 10.6 Å². The van der Waals surface area contributed by atoms with Crippen molar-refractivity contribution in [2.24, 2.45) is 5.92 Å². The molecule has 0 saturated heterocycles. The largest absolute Gasteiger partial charge is 0.394 e. The van der Waals surface area contributed by atoms with Crippen LogP contribution in [0, 0.1) is 5.92 Å². The standard InChI is InChI=1S/C10H20N2O3/c13-4-6-15-5-3-11-8-10(14)12-7-9-1-2-9/h9,11,13H,1-8H2,(H,12,14). The van der Waals surface area contributed by atoms with E-state index in [1.807, 2.05) is 0 Å².